The van der Waals surface area contributed by atoms with Crippen molar-refractivity contribution in [2.24, 2.45) is 4.99 Å². The molecule has 0 aliphatic carbocycles. The minimum absolute atomic E-state index is 0.0121. The summed E-state index contributed by atoms with van der Waals surface area (Å²) in [5.74, 6) is -0.772. The second-order valence-electron chi connectivity index (χ2n) is 10.2. The number of aliphatic imine (C=N–C) groups is 1. The number of ketones is 1. The van der Waals surface area contributed by atoms with Gasteiger partial charge in [0.15, 0.2) is 12.4 Å². The maximum absolute atomic E-state index is 13.5. The van der Waals surface area contributed by atoms with Gasteiger partial charge < -0.3 is 20.1 Å². The van der Waals surface area contributed by atoms with E-state index in [1.807, 2.05) is 13.0 Å². The molecule has 0 radical (unpaired) electrons. The number of allylic oxidation sites excluding steroid dienone is 5. The van der Waals surface area contributed by atoms with Gasteiger partial charge in [-0.05, 0) is 76.8 Å². The van der Waals surface area contributed by atoms with Crippen molar-refractivity contribution in [3.8, 4) is 5.75 Å². The van der Waals surface area contributed by atoms with Crippen molar-refractivity contribution in [1.29, 1.82) is 0 Å². The Morgan fingerprint density at radius 1 is 1.05 bits per heavy atom. The van der Waals surface area contributed by atoms with Gasteiger partial charge in [0.1, 0.15) is 11.4 Å². The van der Waals surface area contributed by atoms with Crippen molar-refractivity contribution in [3.63, 3.8) is 0 Å². The number of rotatable bonds is 13. The number of ether oxygens (including phenoxy) is 2. The molecule has 0 saturated carbocycles. The summed E-state index contributed by atoms with van der Waals surface area (Å²) in [7, 11) is 0. The molecule has 1 unspecified atom stereocenters. The fraction of sp³-hybridized carbons (Fsp3) is 0.273. The molecule has 0 heterocycles. The van der Waals surface area contributed by atoms with Gasteiger partial charge in [-0.1, -0.05) is 60.7 Å². The molecule has 0 aliphatic heterocycles. The molecule has 2 amide bonds. The maximum atomic E-state index is 13.5. The van der Waals surface area contributed by atoms with Crippen LogP contribution in [0.15, 0.2) is 107 Å². The third-order valence-corrected chi connectivity index (χ3v) is 5.66. The standard InChI is InChI=1S/C33H39N3O5/c1-8-27(20-26(23(2)3)18-19-34-7)36-31(38)29(21-35-32(39)41-33(4,5)6)24-14-16-28(17-15-24)40-22-30(37)25-12-10-9-11-13-25/h8-20,29H,2,7,21-22H2,1,3-6H3,(H,35,39)(H,36,38)/b19-18-,26-20-,27-8+. The van der Waals surface area contributed by atoms with Gasteiger partial charge in [0, 0.05) is 24.0 Å². The van der Waals surface area contributed by atoms with Crippen molar-refractivity contribution in [3.05, 3.63) is 114 Å². The molecule has 0 aromatic heterocycles. The Kier molecular flexibility index (Phi) is 12.5. The van der Waals surface area contributed by atoms with E-state index in [0.717, 1.165) is 11.1 Å². The van der Waals surface area contributed by atoms with Crippen LogP contribution in [0, 0.1) is 0 Å². The third kappa shape index (κ3) is 11.5. The van der Waals surface area contributed by atoms with Crippen molar-refractivity contribution in [2.75, 3.05) is 13.2 Å². The molecule has 8 heteroatoms. The number of nitrogens with zero attached hydrogens (tertiary/aromatic N) is 1. The zero-order valence-corrected chi connectivity index (χ0v) is 24.4. The number of amides is 2. The van der Waals surface area contributed by atoms with E-state index in [9.17, 15) is 14.4 Å². The number of hydrogen-bond acceptors (Lipinski definition) is 6. The minimum Gasteiger partial charge on any atom is -0.485 e. The van der Waals surface area contributed by atoms with Crippen molar-refractivity contribution in [2.45, 2.75) is 46.1 Å². The fourth-order valence-corrected chi connectivity index (χ4v) is 3.55. The molecule has 0 spiro atoms. The molecule has 216 valence electrons. The lowest BCUT2D eigenvalue weighted by Crippen LogP contribution is -2.39. The predicted molar refractivity (Wildman–Crippen MR) is 163 cm³/mol. The second-order valence-corrected chi connectivity index (χ2v) is 10.2. The van der Waals surface area contributed by atoms with Crippen LogP contribution in [0.3, 0.4) is 0 Å². The van der Waals surface area contributed by atoms with Gasteiger partial charge in [0.05, 0.1) is 5.92 Å². The van der Waals surface area contributed by atoms with E-state index in [4.69, 9.17) is 9.47 Å². The van der Waals surface area contributed by atoms with Crippen LogP contribution >= 0.6 is 0 Å². The van der Waals surface area contributed by atoms with Gasteiger partial charge in [-0.3, -0.25) is 14.6 Å². The van der Waals surface area contributed by atoms with Crippen LogP contribution in [0.2, 0.25) is 0 Å². The number of carbonyl (C=O) groups excluding carboxylic acids is 3. The topological polar surface area (TPSA) is 106 Å². The van der Waals surface area contributed by atoms with E-state index in [2.05, 4.69) is 28.9 Å². The average molecular weight is 558 g/mol. The zero-order valence-electron chi connectivity index (χ0n) is 24.4. The van der Waals surface area contributed by atoms with Crippen LogP contribution in [0.5, 0.6) is 5.75 Å². The van der Waals surface area contributed by atoms with Crippen LogP contribution in [0.4, 0.5) is 4.79 Å². The summed E-state index contributed by atoms with van der Waals surface area (Å²) >= 11 is 0. The highest BCUT2D eigenvalue weighted by Crippen LogP contribution is 2.21. The summed E-state index contributed by atoms with van der Waals surface area (Å²) in [4.78, 5) is 42.0. The first kappa shape index (κ1) is 32.5. The Morgan fingerprint density at radius 3 is 2.27 bits per heavy atom. The largest absolute Gasteiger partial charge is 0.485 e. The van der Waals surface area contributed by atoms with E-state index in [0.29, 0.717) is 22.6 Å². The van der Waals surface area contributed by atoms with E-state index in [1.165, 1.54) is 0 Å². The van der Waals surface area contributed by atoms with E-state index >= 15 is 0 Å². The molecule has 2 rings (SSSR count). The molecule has 1 atom stereocenters. The van der Waals surface area contributed by atoms with E-state index in [1.54, 1.807) is 101 Å². The van der Waals surface area contributed by atoms with Gasteiger partial charge in [-0.25, -0.2) is 4.79 Å². The van der Waals surface area contributed by atoms with Crippen LogP contribution in [0.1, 0.15) is 56.5 Å². The lowest BCUT2D eigenvalue weighted by molar-refractivity contribution is -0.121. The van der Waals surface area contributed by atoms with Gasteiger partial charge in [0.25, 0.3) is 0 Å². The number of benzene rings is 2. The van der Waals surface area contributed by atoms with E-state index in [-0.39, 0.29) is 24.8 Å². The summed E-state index contributed by atoms with van der Waals surface area (Å²) < 4.78 is 11.0. The highest BCUT2D eigenvalue weighted by molar-refractivity contribution is 5.97. The first-order chi connectivity index (χ1) is 19.4. The quantitative estimate of drug-likeness (QED) is 0.171. The van der Waals surface area contributed by atoms with Crippen molar-refractivity contribution < 1.29 is 23.9 Å². The Labute approximate surface area is 242 Å². The molecular weight excluding hydrogens is 518 g/mol. The van der Waals surface area contributed by atoms with Crippen LogP contribution in [-0.4, -0.2) is 43.3 Å². The number of Topliss-reactive ketones (excluding diaryl/α,β-unsaturated/α-hetero) is 1. The van der Waals surface area contributed by atoms with Crippen molar-refractivity contribution in [1.82, 2.24) is 10.6 Å². The molecular formula is C33H39N3O5. The SMILES string of the molecule is C=N\C=C/C(=C/C(=C\C)NC(=O)C(CNC(=O)OC(C)(C)C)c1ccc(OCC(=O)c2ccccc2)cc1)C(=C)C. The van der Waals surface area contributed by atoms with Crippen molar-refractivity contribution >= 4 is 24.5 Å². The van der Waals surface area contributed by atoms with Gasteiger partial charge >= 0.3 is 6.09 Å². The minimum atomic E-state index is -0.760. The first-order valence-electron chi connectivity index (χ1n) is 13.2. The Morgan fingerprint density at radius 2 is 1.71 bits per heavy atom. The summed E-state index contributed by atoms with van der Waals surface area (Å²) in [6.07, 6.45) is 6.19. The molecule has 2 aromatic rings. The molecule has 0 aliphatic rings. The van der Waals surface area contributed by atoms with Gasteiger partial charge in [-0.15, -0.1) is 0 Å². The monoisotopic (exact) mass is 557 g/mol. The van der Waals surface area contributed by atoms with Gasteiger partial charge in [0.2, 0.25) is 5.91 Å². The number of hydrogen-bond donors (Lipinski definition) is 2. The lowest BCUT2D eigenvalue weighted by Gasteiger charge is -2.22. The Bertz CT molecular complexity index is 1320. The summed E-state index contributed by atoms with van der Waals surface area (Å²) in [5.41, 5.74) is 2.60. The predicted octanol–water partition coefficient (Wildman–Crippen LogP) is 6.29. The molecule has 0 saturated heterocycles. The Hall–Kier alpha value is -4.72. The summed E-state index contributed by atoms with van der Waals surface area (Å²) in [5, 5.41) is 5.62. The molecule has 8 nitrogen and oxygen atoms in total. The van der Waals surface area contributed by atoms with Gasteiger partial charge in [-0.2, -0.15) is 0 Å². The van der Waals surface area contributed by atoms with Crippen LogP contribution < -0.4 is 15.4 Å². The van der Waals surface area contributed by atoms with Crippen LogP contribution in [-0.2, 0) is 9.53 Å². The highest BCUT2D eigenvalue weighted by atomic mass is 16.6. The summed E-state index contributed by atoms with van der Waals surface area (Å²) in [6, 6.07) is 15.7. The lowest BCUT2D eigenvalue weighted by atomic mass is 9.97. The second kappa shape index (κ2) is 15.8. The number of nitrogens with one attached hydrogen (secondary N) is 2. The molecule has 41 heavy (non-hydrogen) atoms. The normalized spacial score (nSPS) is 12.8. The third-order valence-electron chi connectivity index (χ3n) is 5.66. The average Bonchev–Trinajstić information content (AvgIpc) is 2.93. The molecule has 2 aromatic carbocycles. The van der Waals surface area contributed by atoms with Crippen LogP contribution in [0.25, 0.3) is 0 Å². The highest BCUT2D eigenvalue weighted by Gasteiger charge is 2.24. The van der Waals surface area contributed by atoms with E-state index < -0.39 is 17.6 Å². The number of alkyl carbamates (subject to hydrolysis) is 1. The summed E-state index contributed by atoms with van der Waals surface area (Å²) in [6.45, 7) is 16.2. The maximum Gasteiger partial charge on any atom is 0.407 e. The first-order valence-corrected chi connectivity index (χ1v) is 13.2. The number of carbonyl (C=O) groups is 3. The zero-order chi connectivity index (χ0) is 30.4. The smallest absolute Gasteiger partial charge is 0.407 e. The molecule has 2 N–H and O–H groups in total. The molecule has 0 fully saturated rings. The molecule has 0 bridgehead atoms. The Balaban J connectivity index is 2.24. The fourth-order valence-electron chi connectivity index (χ4n) is 3.55.